The third-order valence-electron chi connectivity index (χ3n) is 4.61. The minimum atomic E-state index is -0.442. The molecular formula is C21H24N2O4. The number of carbonyl (C=O) groups excluding carboxylic acids is 2. The van der Waals surface area contributed by atoms with Crippen molar-refractivity contribution in [2.75, 3.05) is 20.3 Å². The van der Waals surface area contributed by atoms with Gasteiger partial charge >= 0.3 is 0 Å². The Bertz CT molecular complexity index is 779. The van der Waals surface area contributed by atoms with E-state index in [1.165, 1.54) is 0 Å². The zero-order chi connectivity index (χ0) is 19.1. The van der Waals surface area contributed by atoms with Crippen LogP contribution in [0.25, 0.3) is 0 Å². The third kappa shape index (κ3) is 4.78. The van der Waals surface area contributed by atoms with Crippen molar-refractivity contribution in [3.05, 3.63) is 60.2 Å². The predicted octanol–water partition coefficient (Wildman–Crippen LogP) is 2.38. The fraction of sp³-hybridized carbons (Fsp3) is 0.333. The highest BCUT2D eigenvalue weighted by Gasteiger charge is 2.34. The van der Waals surface area contributed by atoms with Gasteiger partial charge in [0.1, 0.15) is 6.04 Å². The number of benzene rings is 2. The van der Waals surface area contributed by atoms with Gasteiger partial charge < -0.3 is 19.7 Å². The molecule has 1 aliphatic rings. The highest BCUT2D eigenvalue weighted by Crippen LogP contribution is 2.26. The number of hydrogen-bond donors (Lipinski definition) is 1. The average molecular weight is 368 g/mol. The highest BCUT2D eigenvalue weighted by atomic mass is 16.5. The van der Waals surface area contributed by atoms with E-state index in [1.54, 1.807) is 24.1 Å². The Morgan fingerprint density at radius 2 is 1.78 bits per heavy atom. The number of hydrogen-bond acceptors (Lipinski definition) is 4. The lowest BCUT2D eigenvalue weighted by Crippen LogP contribution is -2.47. The minimum Gasteiger partial charge on any atom is -0.493 e. The van der Waals surface area contributed by atoms with Crippen LogP contribution < -0.4 is 14.8 Å². The van der Waals surface area contributed by atoms with E-state index in [1.807, 2.05) is 42.5 Å². The van der Waals surface area contributed by atoms with E-state index in [2.05, 4.69) is 5.32 Å². The predicted molar refractivity (Wildman–Crippen MR) is 102 cm³/mol. The smallest absolute Gasteiger partial charge is 0.261 e. The summed E-state index contributed by atoms with van der Waals surface area (Å²) in [6.07, 6.45) is 1.48. The van der Waals surface area contributed by atoms with Crippen LogP contribution in [0.5, 0.6) is 11.5 Å². The highest BCUT2D eigenvalue weighted by molar-refractivity contribution is 5.88. The molecule has 6 nitrogen and oxygen atoms in total. The Kier molecular flexibility index (Phi) is 6.30. The van der Waals surface area contributed by atoms with Crippen LogP contribution >= 0.6 is 0 Å². The summed E-state index contributed by atoms with van der Waals surface area (Å²) in [7, 11) is 1.55. The summed E-state index contributed by atoms with van der Waals surface area (Å²) < 4.78 is 10.8. The van der Waals surface area contributed by atoms with E-state index in [-0.39, 0.29) is 18.4 Å². The van der Waals surface area contributed by atoms with Crippen molar-refractivity contribution in [1.29, 1.82) is 0 Å². The lowest BCUT2D eigenvalue weighted by molar-refractivity contribution is -0.140. The number of carbonyl (C=O) groups is 2. The number of likely N-dealkylation sites (tertiary alicyclic amines) is 1. The molecule has 0 aromatic heterocycles. The average Bonchev–Trinajstić information content (AvgIpc) is 3.21. The quantitative estimate of drug-likeness (QED) is 0.815. The fourth-order valence-corrected chi connectivity index (χ4v) is 3.20. The van der Waals surface area contributed by atoms with Gasteiger partial charge in [-0.25, -0.2) is 0 Å². The number of methoxy groups -OCH3 is 1. The second-order valence-electron chi connectivity index (χ2n) is 6.39. The van der Waals surface area contributed by atoms with E-state index in [0.29, 0.717) is 31.0 Å². The topological polar surface area (TPSA) is 67.9 Å². The second-order valence-corrected chi connectivity index (χ2v) is 6.39. The molecule has 2 amide bonds. The Morgan fingerprint density at radius 1 is 1.07 bits per heavy atom. The molecule has 1 aliphatic heterocycles. The van der Waals surface area contributed by atoms with Gasteiger partial charge in [-0.15, -0.1) is 0 Å². The van der Waals surface area contributed by atoms with Crippen molar-refractivity contribution in [3.63, 3.8) is 0 Å². The van der Waals surface area contributed by atoms with Crippen LogP contribution in [0.2, 0.25) is 0 Å². The molecule has 27 heavy (non-hydrogen) atoms. The molecule has 0 bridgehead atoms. The lowest BCUT2D eigenvalue weighted by Gasteiger charge is -2.24. The summed E-state index contributed by atoms with van der Waals surface area (Å²) in [5, 5.41) is 2.92. The van der Waals surface area contributed by atoms with Crippen LogP contribution in [0.15, 0.2) is 54.6 Å². The molecule has 6 heteroatoms. The Balaban J connectivity index is 1.55. The number of ether oxygens (including phenoxy) is 2. The van der Waals surface area contributed by atoms with Crippen molar-refractivity contribution in [1.82, 2.24) is 10.2 Å². The number of amides is 2. The number of rotatable bonds is 7. The zero-order valence-electron chi connectivity index (χ0n) is 15.4. The first-order valence-corrected chi connectivity index (χ1v) is 9.06. The van der Waals surface area contributed by atoms with Crippen LogP contribution in [0.4, 0.5) is 0 Å². The van der Waals surface area contributed by atoms with Crippen LogP contribution in [0, 0.1) is 0 Å². The van der Waals surface area contributed by atoms with Crippen molar-refractivity contribution in [3.8, 4) is 11.5 Å². The van der Waals surface area contributed by atoms with E-state index in [0.717, 1.165) is 12.0 Å². The summed E-state index contributed by atoms with van der Waals surface area (Å²) in [6.45, 7) is 0.899. The molecule has 0 spiro atoms. The Morgan fingerprint density at radius 3 is 2.52 bits per heavy atom. The van der Waals surface area contributed by atoms with Crippen LogP contribution in [-0.2, 0) is 16.1 Å². The molecule has 0 unspecified atom stereocenters. The molecule has 1 atom stereocenters. The number of para-hydroxylation sites is 2. The first-order valence-electron chi connectivity index (χ1n) is 9.06. The summed E-state index contributed by atoms with van der Waals surface area (Å²) in [4.78, 5) is 26.7. The molecular weight excluding hydrogens is 344 g/mol. The van der Waals surface area contributed by atoms with Gasteiger partial charge in [0.05, 0.1) is 7.11 Å². The van der Waals surface area contributed by atoms with Gasteiger partial charge in [-0.1, -0.05) is 42.5 Å². The number of nitrogens with zero attached hydrogens (tertiary/aromatic N) is 1. The first-order chi connectivity index (χ1) is 13.2. The molecule has 1 N–H and O–H groups in total. The standard InChI is InChI=1S/C21H24N2O4/c1-26-18-11-5-6-12-19(18)27-15-20(24)23-13-7-10-17(23)21(25)22-14-16-8-3-2-4-9-16/h2-6,8-9,11-12,17H,7,10,13-15H2,1H3,(H,22,25)/t17-/m1/s1. The Labute approximate surface area is 159 Å². The van der Waals surface area contributed by atoms with Gasteiger partial charge in [-0.3, -0.25) is 9.59 Å². The fourth-order valence-electron chi connectivity index (χ4n) is 3.20. The van der Waals surface area contributed by atoms with Gasteiger partial charge in [0.2, 0.25) is 5.91 Å². The van der Waals surface area contributed by atoms with E-state index in [4.69, 9.17) is 9.47 Å². The summed E-state index contributed by atoms with van der Waals surface area (Å²) in [5.74, 6) is 0.766. The largest absolute Gasteiger partial charge is 0.493 e. The number of nitrogens with one attached hydrogen (secondary N) is 1. The molecule has 2 aromatic rings. The van der Waals surface area contributed by atoms with Crippen LogP contribution in [0.3, 0.4) is 0 Å². The van der Waals surface area contributed by atoms with Gasteiger partial charge in [0.15, 0.2) is 18.1 Å². The monoisotopic (exact) mass is 368 g/mol. The van der Waals surface area contributed by atoms with E-state index < -0.39 is 6.04 Å². The maximum Gasteiger partial charge on any atom is 0.261 e. The Hall–Kier alpha value is -3.02. The molecule has 1 fully saturated rings. The van der Waals surface area contributed by atoms with Gasteiger partial charge in [0.25, 0.3) is 5.91 Å². The molecule has 1 heterocycles. The van der Waals surface area contributed by atoms with Crippen molar-refractivity contribution < 1.29 is 19.1 Å². The zero-order valence-corrected chi connectivity index (χ0v) is 15.4. The van der Waals surface area contributed by atoms with E-state index in [9.17, 15) is 9.59 Å². The minimum absolute atomic E-state index is 0.122. The molecule has 1 saturated heterocycles. The molecule has 0 radical (unpaired) electrons. The summed E-state index contributed by atoms with van der Waals surface area (Å²) in [5.41, 5.74) is 1.03. The molecule has 2 aromatic carbocycles. The van der Waals surface area contributed by atoms with Gasteiger partial charge in [-0.2, -0.15) is 0 Å². The van der Waals surface area contributed by atoms with Crippen molar-refractivity contribution in [2.24, 2.45) is 0 Å². The van der Waals surface area contributed by atoms with Gasteiger partial charge in [0, 0.05) is 13.1 Å². The third-order valence-corrected chi connectivity index (χ3v) is 4.61. The summed E-state index contributed by atoms with van der Waals surface area (Å²) in [6, 6.07) is 16.4. The molecule has 0 saturated carbocycles. The SMILES string of the molecule is COc1ccccc1OCC(=O)N1CCC[C@@H]1C(=O)NCc1ccccc1. The first kappa shape index (κ1) is 18.8. The van der Waals surface area contributed by atoms with E-state index >= 15 is 0 Å². The molecule has 142 valence electrons. The molecule has 0 aliphatic carbocycles. The maximum atomic E-state index is 12.6. The summed E-state index contributed by atoms with van der Waals surface area (Å²) >= 11 is 0. The maximum absolute atomic E-state index is 12.6. The van der Waals surface area contributed by atoms with Crippen molar-refractivity contribution in [2.45, 2.75) is 25.4 Å². The van der Waals surface area contributed by atoms with Crippen molar-refractivity contribution >= 4 is 11.8 Å². The van der Waals surface area contributed by atoms with Crippen LogP contribution in [0.1, 0.15) is 18.4 Å². The van der Waals surface area contributed by atoms with Gasteiger partial charge in [-0.05, 0) is 30.5 Å². The lowest BCUT2D eigenvalue weighted by atomic mass is 10.2. The normalized spacial score (nSPS) is 16.0. The molecule has 3 rings (SSSR count). The van der Waals surface area contributed by atoms with Crippen LogP contribution in [-0.4, -0.2) is 43.0 Å². The second kappa shape index (κ2) is 9.07.